The average Bonchev–Trinajstić information content (AvgIpc) is 2.86. The molecule has 1 fully saturated rings. The van der Waals surface area contributed by atoms with Crippen molar-refractivity contribution in [3.05, 3.63) is 59.5 Å². The van der Waals surface area contributed by atoms with Crippen LogP contribution in [-0.4, -0.2) is 45.2 Å². The first-order valence-corrected chi connectivity index (χ1v) is 14.6. The SMILES string of the molecule is C=C(C)S/C(=C(/Oc1ccc(NS(=O)CC(F)(F)F)cc1)C(C)CC)c1ccnc(NC2CCCNC2)n1. The summed E-state index contributed by atoms with van der Waals surface area (Å²) >= 11 is 1.47. The van der Waals surface area contributed by atoms with E-state index in [1.165, 1.54) is 23.9 Å². The number of piperidine rings is 1. The molecule has 0 bridgehead atoms. The molecule has 1 aromatic carbocycles. The Labute approximate surface area is 228 Å². The number of rotatable bonds is 12. The Morgan fingerprint density at radius 1 is 1.32 bits per heavy atom. The van der Waals surface area contributed by atoms with Crippen molar-refractivity contribution in [1.82, 2.24) is 15.3 Å². The average molecular weight is 570 g/mol. The quantitative estimate of drug-likeness (QED) is 0.257. The van der Waals surface area contributed by atoms with E-state index in [1.54, 1.807) is 18.3 Å². The highest BCUT2D eigenvalue weighted by Gasteiger charge is 2.30. The Kier molecular flexibility index (Phi) is 11.0. The molecule has 1 aliphatic rings. The summed E-state index contributed by atoms with van der Waals surface area (Å²) in [6.07, 6.45) is 0.134. The highest BCUT2D eigenvalue weighted by atomic mass is 32.2. The monoisotopic (exact) mass is 569 g/mol. The van der Waals surface area contributed by atoms with Crippen LogP contribution in [0.5, 0.6) is 5.75 Å². The molecule has 1 aliphatic heterocycles. The Hall–Kier alpha value is -2.57. The third-order valence-corrected chi connectivity index (χ3v) is 7.70. The van der Waals surface area contributed by atoms with Crippen molar-refractivity contribution in [3.63, 3.8) is 0 Å². The topological polar surface area (TPSA) is 88.2 Å². The third-order valence-electron chi connectivity index (χ3n) is 5.69. The zero-order valence-corrected chi connectivity index (χ0v) is 23.4. The first kappa shape index (κ1) is 30.0. The van der Waals surface area contributed by atoms with Crippen LogP contribution in [0.4, 0.5) is 24.8 Å². The molecule has 7 nitrogen and oxygen atoms in total. The zero-order valence-electron chi connectivity index (χ0n) is 21.7. The van der Waals surface area contributed by atoms with Crippen molar-refractivity contribution < 1.29 is 22.1 Å². The van der Waals surface area contributed by atoms with Gasteiger partial charge in [0.25, 0.3) is 0 Å². The van der Waals surface area contributed by atoms with E-state index in [2.05, 4.69) is 40.8 Å². The maximum atomic E-state index is 12.5. The lowest BCUT2D eigenvalue weighted by Gasteiger charge is -2.24. The fourth-order valence-electron chi connectivity index (χ4n) is 3.71. The van der Waals surface area contributed by atoms with Crippen molar-refractivity contribution in [2.24, 2.45) is 5.92 Å². The molecule has 2 aromatic rings. The summed E-state index contributed by atoms with van der Waals surface area (Å²) in [7, 11) is -2.27. The number of alkyl halides is 3. The second-order valence-corrected chi connectivity index (χ2v) is 11.6. The Morgan fingerprint density at radius 3 is 2.66 bits per heavy atom. The first-order valence-electron chi connectivity index (χ1n) is 12.4. The van der Waals surface area contributed by atoms with Gasteiger partial charge in [-0.1, -0.05) is 32.2 Å². The lowest BCUT2D eigenvalue weighted by molar-refractivity contribution is -0.105. The van der Waals surface area contributed by atoms with Crippen LogP contribution >= 0.6 is 11.8 Å². The Morgan fingerprint density at radius 2 is 2.05 bits per heavy atom. The summed E-state index contributed by atoms with van der Waals surface area (Å²) in [6.45, 7) is 12.0. The number of ether oxygens (including phenoxy) is 1. The van der Waals surface area contributed by atoms with Gasteiger partial charge in [-0.05, 0) is 68.0 Å². The summed E-state index contributed by atoms with van der Waals surface area (Å²) in [5, 5.41) is 6.79. The number of anilines is 2. The lowest BCUT2D eigenvalue weighted by Crippen LogP contribution is -2.38. The van der Waals surface area contributed by atoms with Crippen LogP contribution in [0.25, 0.3) is 4.91 Å². The molecule has 1 aromatic heterocycles. The molecule has 1 saturated heterocycles. The van der Waals surface area contributed by atoms with Crippen LogP contribution in [0.1, 0.15) is 45.7 Å². The highest BCUT2D eigenvalue weighted by Crippen LogP contribution is 2.39. The number of benzene rings is 1. The van der Waals surface area contributed by atoms with Gasteiger partial charge in [-0.15, -0.1) is 0 Å². The van der Waals surface area contributed by atoms with Crippen LogP contribution in [0.2, 0.25) is 0 Å². The van der Waals surface area contributed by atoms with Crippen molar-refractivity contribution in [2.45, 2.75) is 52.3 Å². The summed E-state index contributed by atoms with van der Waals surface area (Å²) in [6, 6.07) is 8.42. The van der Waals surface area contributed by atoms with Gasteiger partial charge >= 0.3 is 6.18 Å². The number of hydrogen-bond acceptors (Lipinski definition) is 7. The molecule has 12 heteroatoms. The second-order valence-electron chi connectivity index (χ2n) is 9.09. The zero-order chi connectivity index (χ0) is 27.7. The van der Waals surface area contributed by atoms with Gasteiger partial charge in [0.15, 0.2) is 0 Å². The fraction of sp³-hybridized carbons (Fsp3) is 0.462. The van der Waals surface area contributed by atoms with Crippen LogP contribution in [0.3, 0.4) is 0 Å². The molecular weight excluding hydrogens is 535 g/mol. The molecule has 0 spiro atoms. The minimum absolute atomic E-state index is 0.0304. The van der Waals surface area contributed by atoms with E-state index < -0.39 is 22.9 Å². The molecule has 208 valence electrons. The van der Waals surface area contributed by atoms with Gasteiger partial charge in [-0.3, -0.25) is 0 Å². The molecule has 3 N–H and O–H groups in total. The molecule has 2 heterocycles. The van der Waals surface area contributed by atoms with E-state index >= 15 is 0 Å². The van der Waals surface area contributed by atoms with Crippen LogP contribution < -0.4 is 20.1 Å². The van der Waals surface area contributed by atoms with E-state index in [1.807, 2.05) is 13.0 Å². The van der Waals surface area contributed by atoms with Crippen LogP contribution in [-0.2, 0) is 11.0 Å². The van der Waals surface area contributed by atoms with E-state index in [-0.39, 0.29) is 12.0 Å². The number of nitrogens with zero attached hydrogens (tertiary/aromatic N) is 2. The molecule has 0 radical (unpaired) electrons. The maximum Gasteiger partial charge on any atom is 0.402 e. The molecular formula is C26H34F3N5O2S2. The van der Waals surface area contributed by atoms with Gasteiger partial charge < -0.3 is 20.1 Å². The number of allylic oxidation sites excluding steroid dienone is 2. The number of halogens is 3. The number of thioether (sulfide) groups is 1. The summed E-state index contributed by atoms with van der Waals surface area (Å²) in [5.41, 5.74) is 1.00. The van der Waals surface area contributed by atoms with E-state index in [4.69, 9.17) is 9.72 Å². The molecule has 3 rings (SSSR count). The van der Waals surface area contributed by atoms with Crippen molar-refractivity contribution >= 4 is 39.3 Å². The lowest BCUT2D eigenvalue weighted by atomic mass is 10.1. The van der Waals surface area contributed by atoms with Gasteiger partial charge in [0.1, 0.15) is 28.2 Å². The minimum atomic E-state index is -4.52. The maximum absolute atomic E-state index is 12.5. The number of nitrogens with one attached hydrogen (secondary N) is 3. The van der Waals surface area contributed by atoms with Gasteiger partial charge in [0, 0.05) is 30.4 Å². The molecule has 0 saturated carbocycles. The standard InChI is InChI=1S/C26H34F3N5O2S2/c1-5-18(4)23(36-21-10-8-19(9-11-21)34-38(35)16-26(27,28)29)24(37-17(2)3)22-12-14-31-25(33-22)32-20-7-6-13-30-15-20/h8-12,14,18,20,30,34H,2,5-7,13,15-16H2,1,3-4H3,(H,31,32,33)/b24-23+. The normalized spacial score (nSPS) is 18.2. The van der Waals surface area contributed by atoms with Crippen molar-refractivity contribution in [3.8, 4) is 5.75 Å². The number of aromatic nitrogens is 2. The van der Waals surface area contributed by atoms with Gasteiger partial charge in [-0.2, -0.15) is 13.2 Å². The van der Waals surface area contributed by atoms with E-state index in [9.17, 15) is 17.4 Å². The van der Waals surface area contributed by atoms with Crippen LogP contribution in [0.15, 0.2) is 53.8 Å². The molecule has 3 unspecified atom stereocenters. The van der Waals surface area contributed by atoms with Gasteiger partial charge in [-0.25, -0.2) is 14.2 Å². The van der Waals surface area contributed by atoms with Crippen LogP contribution in [0, 0.1) is 5.92 Å². The largest absolute Gasteiger partial charge is 0.460 e. The molecule has 0 aliphatic carbocycles. The Bertz CT molecular complexity index is 1140. The minimum Gasteiger partial charge on any atom is -0.460 e. The predicted octanol–water partition coefficient (Wildman–Crippen LogP) is 6.34. The second kappa shape index (κ2) is 14.0. The van der Waals surface area contributed by atoms with Gasteiger partial charge in [0.2, 0.25) is 5.95 Å². The summed E-state index contributed by atoms with van der Waals surface area (Å²) < 4.78 is 57.9. The van der Waals surface area contributed by atoms with Crippen molar-refractivity contribution in [1.29, 1.82) is 0 Å². The van der Waals surface area contributed by atoms with Gasteiger partial charge in [0.05, 0.1) is 10.6 Å². The molecule has 38 heavy (non-hydrogen) atoms. The third kappa shape index (κ3) is 9.63. The van der Waals surface area contributed by atoms with E-state index in [0.717, 1.165) is 42.2 Å². The Balaban J connectivity index is 1.88. The molecule has 0 amide bonds. The predicted molar refractivity (Wildman–Crippen MR) is 150 cm³/mol. The smallest absolute Gasteiger partial charge is 0.402 e. The fourth-order valence-corrected chi connectivity index (χ4v) is 5.38. The van der Waals surface area contributed by atoms with E-state index in [0.29, 0.717) is 28.8 Å². The summed E-state index contributed by atoms with van der Waals surface area (Å²) in [4.78, 5) is 10.9. The van der Waals surface area contributed by atoms with Crippen molar-refractivity contribution in [2.75, 3.05) is 28.9 Å². The number of hydrogen-bond donors (Lipinski definition) is 3. The first-order chi connectivity index (χ1) is 18.0. The summed E-state index contributed by atoms with van der Waals surface area (Å²) in [5.74, 6) is 0.337. The highest BCUT2D eigenvalue weighted by molar-refractivity contribution is 8.11. The molecule has 3 atom stereocenters.